The Hall–Kier alpha value is -2.39. The number of fused-ring (bicyclic) bond motifs is 1. The van der Waals surface area contributed by atoms with Gasteiger partial charge >= 0.3 is 5.97 Å². The first kappa shape index (κ1) is 18.0. The summed E-state index contributed by atoms with van der Waals surface area (Å²) in [5.74, 6) is 0.665. The second-order valence-electron chi connectivity index (χ2n) is 7.68. The van der Waals surface area contributed by atoms with Crippen molar-refractivity contribution in [2.45, 2.75) is 44.1 Å². The highest BCUT2D eigenvalue weighted by molar-refractivity contribution is 5.90. The molecule has 3 atom stereocenters. The number of benzene rings is 2. The van der Waals surface area contributed by atoms with Gasteiger partial charge in [0.1, 0.15) is 5.76 Å². The number of hydrogen-bond acceptors (Lipinski definition) is 3. The molecule has 1 fully saturated rings. The van der Waals surface area contributed by atoms with Crippen molar-refractivity contribution in [3.8, 4) is 0 Å². The Labute approximate surface area is 161 Å². The lowest BCUT2D eigenvalue weighted by molar-refractivity contribution is -0.0751. The van der Waals surface area contributed by atoms with Gasteiger partial charge in [-0.2, -0.15) is 0 Å². The number of carbonyl (C=O) groups is 1. The highest BCUT2D eigenvalue weighted by atomic mass is 16.5. The van der Waals surface area contributed by atoms with E-state index in [-0.39, 0.29) is 23.4 Å². The van der Waals surface area contributed by atoms with Crippen molar-refractivity contribution in [2.75, 3.05) is 7.11 Å². The molecule has 0 radical (unpaired) electrons. The minimum atomic E-state index is -0.317. The van der Waals surface area contributed by atoms with Crippen molar-refractivity contribution < 1.29 is 14.3 Å². The highest BCUT2D eigenvalue weighted by Crippen LogP contribution is 2.55. The summed E-state index contributed by atoms with van der Waals surface area (Å²) < 4.78 is 12.1. The van der Waals surface area contributed by atoms with Crippen LogP contribution in [0.1, 0.15) is 53.1 Å². The molecule has 140 valence electrons. The van der Waals surface area contributed by atoms with Crippen molar-refractivity contribution in [1.82, 2.24) is 0 Å². The molecule has 2 aromatic rings. The van der Waals surface area contributed by atoms with E-state index in [4.69, 9.17) is 9.47 Å². The van der Waals surface area contributed by atoms with E-state index in [9.17, 15) is 4.79 Å². The van der Waals surface area contributed by atoms with Crippen LogP contribution in [0.5, 0.6) is 0 Å². The Morgan fingerprint density at radius 2 is 1.78 bits per heavy atom. The Balaban J connectivity index is 1.69. The molecule has 1 saturated carbocycles. The lowest BCUT2D eigenvalue weighted by Crippen LogP contribution is -2.44. The summed E-state index contributed by atoms with van der Waals surface area (Å²) in [5.41, 5.74) is 2.53. The maximum Gasteiger partial charge on any atom is 0.343 e. The van der Waals surface area contributed by atoms with E-state index in [0.717, 1.165) is 36.1 Å². The fourth-order valence-electron chi connectivity index (χ4n) is 4.73. The summed E-state index contributed by atoms with van der Waals surface area (Å²) in [6.07, 6.45) is 6.53. The molecule has 0 spiro atoms. The largest absolute Gasteiger partial charge is 0.427 e. The fourth-order valence-corrected chi connectivity index (χ4v) is 4.73. The molecule has 2 aliphatic rings. The van der Waals surface area contributed by atoms with Gasteiger partial charge in [0.15, 0.2) is 0 Å². The summed E-state index contributed by atoms with van der Waals surface area (Å²) in [4.78, 5) is 12.8. The number of esters is 1. The first-order valence-electron chi connectivity index (χ1n) is 9.75. The minimum Gasteiger partial charge on any atom is -0.427 e. The molecular formula is C24H26O3. The molecular weight excluding hydrogens is 336 g/mol. The van der Waals surface area contributed by atoms with Crippen LogP contribution >= 0.6 is 0 Å². The average Bonchev–Trinajstić information content (AvgIpc) is 3.03. The Kier molecular flexibility index (Phi) is 4.88. The van der Waals surface area contributed by atoms with E-state index in [0.29, 0.717) is 5.56 Å². The van der Waals surface area contributed by atoms with E-state index in [1.165, 1.54) is 6.42 Å². The zero-order valence-electron chi connectivity index (χ0n) is 16.0. The van der Waals surface area contributed by atoms with E-state index in [2.05, 4.69) is 18.2 Å². The van der Waals surface area contributed by atoms with Gasteiger partial charge in [-0.25, -0.2) is 4.79 Å². The summed E-state index contributed by atoms with van der Waals surface area (Å²) in [6, 6.07) is 17.8. The molecule has 0 bridgehead atoms. The van der Waals surface area contributed by atoms with Crippen molar-refractivity contribution >= 4 is 5.97 Å². The van der Waals surface area contributed by atoms with Gasteiger partial charge in [-0.1, -0.05) is 60.9 Å². The molecule has 2 aliphatic carbocycles. The minimum absolute atomic E-state index is 0.0524. The Morgan fingerprint density at radius 1 is 1.04 bits per heavy atom. The SMILES string of the molecule is CO[C@@]12CCCC[C@@H]1C=C(OC(=O)c1ccc(C)cc1)[C@@H]2c1ccccc1. The standard InChI is InChI=1S/C24H26O3/c1-17-11-13-19(14-12-17)23(25)27-21-16-20-10-6-7-15-24(20,26-2)22(21)18-8-4-3-5-9-18/h3-5,8-9,11-14,16,20,22H,6-7,10,15H2,1-2H3/t20-,22+,24+/m1/s1. The summed E-state index contributed by atoms with van der Waals surface area (Å²) in [5, 5.41) is 0. The van der Waals surface area contributed by atoms with Gasteiger partial charge < -0.3 is 9.47 Å². The Bertz CT molecular complexity index is 838. The topological polar surface area (TPSA) is 35.5 Å². The van der Waals surface area contributed by atoms with Gasteiger partial charge in [0.2, 0.25) is 0 Å². The van der Waals surface area contributed by atoms with Gasteiger partial charge in [-0.05, 0) is 43.5 Å². The summed E-state index contributed by atoms with van der Waals surface area (Å²) in [6.45, 7) is 2.01. The van der Waals surface area contributed by atoms with Gasteiger partial charge in [-0.15, -0.1) is 0 Å². The molecule has 0 aliphatic heterocycles. The first-order chi connectivity index (χ1) is 13.1. The zero-order chi connectivity index (χ0) is 18.9. The maximum absolute atomic E-state index is 12.8. The monoisotopic (exact) mass is 362 g/mol. The van der Waals surface area contributed by atoms with Crippen molar-refractivity contribution in [2.24, 2.45) is 5.92 Å². The molecule has 27 heavy (non-hydrogen) atoms. The number of rotatable bonds is 4. The zero-order valence-corrected chi connectivity index (χ0v) is 16.0. The number of hydrogen-bond donors (Lipinski definition) is 0. The normalized spacial score (nSPS) is 27.0. The molecule has 4 rings (SSSR count). The van der Waals surface area contributed by atoms with E-state index in [1.807, 2.05) is 49.4 Å². The van der Waals surface area contributed by atoms with E-state index in [1.54, 1.807) is 7.11 Å². The predicted molar refractivity (Wildman–Crippen MR) is 106 cm³/mol. The van der Waals surface area contributed by atoms with Crippen LogP contribution in [0, 0.1) is 12.8 Å². The molecule has 3 heteroatoms. The van der Waals surface area contributed by atoms with Crippen LogP contribution in [-0.4, -0.2) is 18.7 Å². The summed E-state index contributed by atoms with van der Waals surface area (Å²) >= 11 is 0. The molecule has 3 nitrogen and oxygen atoms in total. The lowest BCUT2D eigenvalue weighted by Gasteiger charge is -2.43. The summed E-state index contributed by atoms with van der Waals surface area (Å²) in [7, 11) is 1.80. The van der Waals surface area contributed by atoms with Crippen LogP contribution in [0.4, 0.5) is 0 Å². The molecule has 0 N–H and O–H groups in total. The van der Waals surface area contributed by atoms with Crippen molar-refractivity contribution in [3.05, 3.63) is 83.1 Å². The van der Waals surface area contributed by atoms with Gasteiger partial charge in [0.25, 0.3) is 0 Å². The van der Waals surface area contributed by atoms with Crippen molar-refractivity contribution in [1.29, 1.82) is 0 Å². The Morgan fingerprint density at radius 3 is 2.48 bits per heavy atom. The van der Waals surface area contributed by atoms with Gasteiger partial charge in [0, 0.05) is 13.0 Å². The van der Waals surface area contributed by atoms with Crippen molar-refractivity contribution in [3.63, 3.8) is 0 Å². The van der Waals surface area contributed by atoms with Crippen LogP contribution < -0.4 is 0 Å². The molecule has 0 heterocycles. The molecule has 0 aromatic heterocycles. The number of methoxy groups -OCH3 is 1. The van der Waals surface area contributed by atoms with E-state index >= 15 is 0 Å². The number of aryl methyl sites for hydroxylation is 1. The van der Waals surface area contributed by atoms with Crippen LogP contribution in [0.15, 0.2) is 66.4 Å². The quantitative estimate of drug-likeness (QED) is 0.682. The maximum atomic E-state index is 12.8. The third kappa shape index (κ3) is 3.21. The second-order valence-corrected chi connectivity index (χ2v) is 7.68. The number of ether oxygens (including phenoxy) is 2. The third-order valence-electron chi connectivity index (χ3n) is 6.11. The molecule has 0 saturated heterocycles. The van der Waals surface area contributed by atoms with Crippen LogP contribution in [0.3, 0.4) is 0 Å². The van der Waals surface area contributed by atoms with Gasteiger partial charge in [-0.3, -0.25) is 0 Å². The predicted octanol–water partition coefficient (Wildman–Crippen LogP) is 5.41. The highest BCUT2D eigenvalue weighted by Gasteiger charge is 2.54. The van der Waals surface area contributed by atoms with Crippen LogP contribution in [0.2, 0.25) is 0 Å². The van der Waals surface area contributed by atoms with Crippen LogP contribution in [0.25, 0.3) is 0 Å². The van der Waals surface area contributed by atoms with Gasteiger partial charge in [0.05, 0.1) is 17.1 Å². The molecule has 0 amide bonds. The molecule has 0 unspecified atom stereocenters. The fraction of sp³-hybridized carbons (Fsp3) is 0.375. The molecule has 2 aromatic carbocycles. The van der Waals surface area contributed by atoms with Crippen LogP contribution in [-0.2, 0) is 9.47 Å². The average molecular weight is 362 g/mol. The third-order valence-corrected chi connectivity index (χ3v) is 6.11. The number of carbonyl (C=O) groups excluding carboxylic acids is 1. The van der Waals surface area contributed by atoms with E-state index < -0.39 is 0 Å². The second kappa shape index (κ2) is 7.32. The lowest BCUT2D eigenvalue weighted by atomic mass is 9.70. The smallest absolute Gasteiger partial charge is 0.343 e. The first-order valence-corrected chi connectivity index (χ1v) is 9.75.